The van der Waals surface area contributed by atoms with Gasteiger partial charge in [0.2, 0.25) is 0 Å². The van der Waals surface area contributed by atoms with Crippen molar-refractivity contribution in [3.63, 3.8) is 0 Å². The molecule has 0 saturated carbocycles. The van der Waals surface area contributed by atoms with Gasteiger partial charge in [-0.3, -0.25) is 0 Å². The zero-order valence-electron chi connectivity index (χ0n) is 6.63. The highest BCUT2D eigenvalue weighted by atomic mass is 19.1. The maximum atomic E-state index is 13.1. The Balaban J connectivity index is 3.20. The first-order chi connectivity index (χ1) is 5.65. The number of aryl methyl sites for hydroxylation is 1. The quantitative estimate of drug-likeness (QED) is 0.690. The molecule has 0 atom stereocenters. The van der Waals surface area contributed by atoms with Crippen LogP contribution in [0, 0.1) is 24.1 Å². The Morgan fingerprint density at radius 3 is 2.83 bits per heavy atom. The molecule has 0 amide bonds. The van der Waals surface area contributed by atoms with Gasteiger partial charge in [0.1, 0.15) is 11.6 Å². The van der Waals surface area contributed by atoms with E-state index in [-0.39, 0.29) is 17.7 Å². The van der Waals surface area contributed by atoms with Crippen LogP contribution in [0.15, 0.2) is 12.1 Å². The van der Waals surface area contributed by atoms with Crippen LogP contribution < -0.4 is 0 Å². The predicted octanol–water partition coefficient (Wildman–Crippen LogP) is 1.91. The van der Waals surface area contributed by atoms with Gasteiger partial charge in [-0.2, -0.15) is 5.26 Å². The second kappa shape index (κ2) is 3.22. The van der Waals surface area contributed by atoms with Crippen LogP contribution in [0.4, 0.5) is 4.39 Å². The minimum absolute atomic E-state index is 0.000787. The third-order valence-corrected chi connectivity index (χ3v) is 1.58. The third-order valence-electron chi connectivity index (χ3n) is 1.58. The molecule has 0 aliphatic rings. The molecular formula is C9H8FNO. The minimum atomic E-state index is -0.408. The highest BCUT2D eigenvalue weighted by Crippen LogP contribution is 2.19. The molecule has 0 aliphatic carbocycles. The second-order valence-corrected chi connectivity index (χ2v) is 2.57. The highest BCUT2D eigenvalue weighted by molar-refractivity contribution is 5.35. The molecule has 3 heteroatoms. The summed E-state index contributed by atoms with van der Waals surface area (Å²) in [6, 6.07) is 4.43. The van der Waals surface area contributed by atoms with Crippen molar-refractivity contribution in [1.82, 2.24) is 0 Å². The summed E-state index contributed by atoms with van der Waals surface area (Å²) in [5.41, 5.74) is 0.607. The van der Waals surface area contributed by atoms with Gasteiger partial charge in [0.25, 0.3) is 0 Å². The molecule has 0 bridgehead atoms. The lowest BCUT2D eigenvalue weighted by molar-refractivity contribution is 0.470. The van der Waals surface area contributed by atoms with Crippen molar-refractivity contribution in [2.75, 3.05) is 0 Å². The molecule has 1 rings (SSSR count). The van der Waals surface area contributed by atoms with Crippen molar-refractivity contribution in [2.24, 2.45) is 0 Å². The molecule has 2 nitrogen and oxygen atoms in total. The third kappa shape index (κ3) is 1.54. The summed E-state index contributed by atoms with van der Waals surface area (Å²) < 4.78 is 13.1. The smallest absolute Gasteiger partial charge is 0.130 e. The van der Waals surface area contributed by atoms with Crippen molar-refractivity contribution < 1.29 is 9.50 Å². The fraction of sp³-hybridized carbons (Fsp3) is 0.222. The summed E-state index contributed by atoms with van der Waals surface area (Å²) in [5.74, 6) is -0.409. The van der Waals surface area contributed by atoms with Crippen LogP contribution in [0.3, 0.4) is 0 Å². The van der Waals surface area contributed by atoms with Crippen LogP contribution in [0.2, 0.25) is 0 Å². The van der Waals surface area contributed by atoms with E-state index in [0.717, 1.165) is 0 Å². The molecule has 0 radical (unpaired) electrons. The number of nitriles is 1. The number of hydrogen-bond acceptors (Lipinski definition) is 2. The largest absolute Gasteiger partial charge is 0.508 e. The Morgan fingerprint density at radius 1 is 1.58 bits per heavy atom. The van der Waals surface area contributed by atoms with Crippen LogP contribution >= 0.6 is 0 Å². The van der Waals surface area contributed by atoms with E-state index in [1.165, 1.54) is 12.1 Å². The zero-order chi connectivity index (χ0) is 9.14. The zero-order valence-corrected chi connectivity index (χ0v) is 6.63. The molecule has 0 unspecified atom stereocenters. The minimum Gasteiger partial charge on any atom is -0.508 e. The van der Waals surface area contributed by atoms with E-state index < -0.39 is 5.82 Å². The topological polar surface area (TPSA) is 44.0 Å². The van der Waals surface area contributed by atoms with E-state index in [0.29, 0.717) is 5.56 Å². The first kappa shape index (κ1) is 8.54. The number of rotatable bonds is 1. The van der Waals surface area contributed by atoms with Crippen LogP contribution in [0.1, 0.15) is 11.1 Å². The first-order valence-electron chi connectivity index (χ1n) is 3.50. The molecule has 0 saturated heterocycles. The number of hydrogen-bond donors (Lipinski definition) is 1. The Hall–Kier alpha value is -1.56. The van der Waals surface area contributed by atoms with E-state index in [4.69, 9.17) is 10.4 Å². The van der Waals surface area contributed by atoms with Crippen molar-refractivity contribution in [3.05, 3.63) is 29.1 Å². The van der Waals surface area contributed by atoms with E-state index in [2.05, 4.69) is 0 Å². The van der Waals surface area contributed by atoms with Gasteiger partial charge in [0, 0.05) is 5.56 Å². The van der Waals surface area contributed by atoms with Gasteiger partial charge in [0.05, 0.1) is 12.5 Å². The van der Waals surface area contributed by atoms with Crippen LogP contribution in [0.25, 0.3) is 0 Å². The van der Waals surface area contributed by atoms with Gasteiger partial charge in [-0.25, -0.2) is 4.39 Å². The van der Waals surface area contributed by atoms with Crippen LogP contribution in [0.5, 0.6) is 5.75 Å². The van der Waals surface area contributed by atoms with E-state index >= 15 is 0 Å². The fourth-order valence-corrected chi connectivity index (χ4v) is 1.04. The maximum Gasteiger partial charge on any atom is 0.130 e. The van der Waals surface area contributed by atoms with E-state index in [1.807, 2.05) is 6.07 Å². The summed E-state index contributed by atoms with van der Waals surface area (Å²) >= 11 is 0. The lowest BCUT2D eigenvalue weighted by atomic mass is 10.1. The number of nitrogens with zero attached hydrogens (tertiary/aromatic N) is 1. The molecule has 62 valence electrons. The average molecular weight is 165 g/mol. The monoisotopic (exact) mass is 165 g/mol. The molecular weight excluding hydrogens is 157 g/mol. The van der Waals surface area contributed by atoms with Gasteiger partial charge in [-0.15, -0.1) is 0 Å². The maximum absolute atomic E-state index is 13.1. The van der Waals surface area contributed by atoms with Gasteiger partial charge in [-0.1, -0.05) is 0 Å². The summed E-state index contributed by atoms with van der Waals surface area (Å²) in [4.78, 5) is 0. The number of halogens is 1. The standard InChI is InChI=1S/C9H8FNO/c1-6-4-8(12)5-7(2-3-11)9(6)10/h4-5,12H,2H2,1H3. The molecule has 0 fully saturated rings. The molecule has 0 aliphatic heterocycles. The molecule has 1 aromatic rings. The van der Waals surface area contributed by atoms with Gasteiger partial charge in [-0.05, 0) is 24.6 Å². The van der Waals surface area contributed by atoms with Crippen molar-refractivity contribution in [3.8, 4) is 11.8 Å². The van der Waals surface area contributed by atoms with Crippen molar-refractivity contribution >= 4 is 0 Å². The Morgan fingerprint density at radius 2 is 2.25 bits per heavy atom. The number of phenolic OH excluding ortho intramolecular Hbond substituents is 1. The normalized spacial score (nSPS) is 9.42. The van der Waals surface area contributed by atoms with Gasteiger partial charge in [0.15, 0.2) is 0 Å². The fourth-order valence-electron chi connectivity index (χ4n) is 1.04. The van der Waals surface area contributed by atoms with Crippen molar-refractivity contribution in [2.45, 2.75) is 13.3 Å². The average Bonchev–Trinajstić information content (AvgIpc) is 2.00. The molecule has 12 heavy (non-hydrogen) atoms. The summed E-state index contributed by atoms with van der Waals surface area (Å²) in [6.45, 7) is 1.55. The van der Waals surface area contributed by atoms with E-state index in [1.54, 1.807) is 6.92 Å². The number of benzene rings is 1. The molecule has 0 heterocycles. The Labute approximate surface area is 69.9 Å². The Kier molecular flexibility index (Phi) is 2.29. The van der Waals surface area contributed by atoms with Crippen LogP contribution in [-0.4, -0.2) is 5.11 Å². The van der Waals surface area contributed by atoms with Crippen LogP contribution in [-0.2, 0) is 6.42 Å². The molecule has 1 N–H and O–H groups in total. The predicted molar refractivity (Wildman–Crippen MR) is 42.1 cm³/mol. The summed E-state index contributed by atoms with van der Waals surface area (Å²) in [5, 5.41) is 17.4. The summed E-state index contributed by atoms with van der Waals surface area (Å²) in [6.07, 6.45) is -0.0128. The van der Waals surface area contributed by atoms with Gasteiger partial charge < -0.3 is 5.11 Å². The molecule has 1 aromatic carbocycles. The number of phenols is 1. The first-order valence-corrected chi connectivity index (χ1v) is 3.50. The lowest BCUT2D eigenvalue weighted by Crippen LogP contribution is -1.91. The Bertz CT molecular complexity index is 341. The second-order valence-electron chi connectivity index (χ2n) is 2.57. The lowest BCUT2D eigenvalue weighted by Gasteiger charge is -2.02. The van der Waals surface area contributed by atoms with Crippen molar-refractivity contribution in [1.29, 1.82) is 5.26 Å². The SMILES string of the molecule is Cc1cc(O)cc(CC#N)c1F. The molecule has 0 aromatic heterocycles. The van der Waals surface area contributed by atoms with E-state index in [9.17, 15) is 4.39 Å². The van der Waals surface area contributed by atoms with Gasteiger partial charge >= 0.3 is 0 Å². The number of aromatic hydroxyl groups is 1. The molecule has 0 spiro atoms. The highest BCUT2D eigenvalue weighted by Gasteiger charge is 2.06. The summed E-state index contributed by atoms with van der Waals surface area (Å²) in [7, 11) is 0.